The van der Waals surface area contributed by atoms with E-state index in [0.29, 0.717) is 17.2 Å². The molecule has 0 saturated carbocycles. The van der Waals surface area contributed by atoms with E-state index < -0.39 is 17.5 Å². The van der Waals surface area contributed by atoms with Crippen molar-refractivity contribution >= 4 is 57.7 Å². The molecule has 11 heteroatoms. The Morgan fingerprint density at radius 1 is 1.33 bits per heavy atom. The lowest BCUT2D eigenvalue weighted by Gasteiger charge is -2.35. The highest BCUT2D eigenvalue weighted by Gasteiger charge is 2.50. The molecule has 5 rings (SSSR count). The summed E-state index contributed by atoms with van der Waals surface area (Å²) in [6, 6.07) is 12.4. The topological polar surface area (TPSA) is 102 Å². The van der Waals surface area contributed by atoms with E-state index in [0.717, 1.165) is 9.13 Å². The molecule has 0 bridgehead atoms. The van der Waals surface area contributed by atoms with Crippen LogP contribution in [0.2, 0.25) is 5.02 Å². The molecule has 1 spiro atoms. The third-order valence-corrected chi connectivity index (χ3v) is 7.14. The molecule has 170 valence electrons. The van der Waals surface area contributed by atoms with Crippen molar-refractivity contribution in [2.45, 2.75) is 18.6 Å². The van der Waals surface area contributed by atoms with Crippen molar-refractivity contribution in [3.05, 3.63) is 62.4 Å². The normalized spacial score (nSPS) is 19.4. The van der Waals surface area contributed by atoms with Crippen LogP contribution in [0.25, 0.3) is 11.3 Å². The summed E-state index contributed by atoms with van der Waals surface area (Å²) in [5, 5.41) is 6.92. The highest BCUT2D eigenvalue weighted by atomic mass is 127. The number of amides is 2. The number of ether oxygens (including phenoxy) is 1. The summed E-state index contributed by atoms with van der Waals surface area (Å²) in [5.41, 5.74) is 6.85. The van der Waals surface area contributed by atoms with E-state index in [9.17, 15) is 14.0 Å². The van der Waals surface area contributed by atoms with Crippen LogP contribution in [0.3, 0.4) is 0 Å². The minimum atomic E-state index is -1.30. The van der Waals surface area contributed by atoms with Crippen LogP contribution in [0.15, 0.2) is 42.5 Å². The van der Waals surface area contributed by atoms with Gasteiger partial charge >= 0.3 is 6.09 Å². The zero-order chi connectivity index (χ0) is 23.3. The van der Waals surface area contributed by atoms with Gasteiger partial charge in [0.15, 0.2) is 11.4 Å². The average molecular weight is 582 g/mol. The maximum Gasteiger partial charge on any atom is 0.412 e. The molecule has 8 nitrogen and oxygen atoms in total. The predicted octanol–water partition coefficient (Wildman–Crippen LogP) is 4.22. The molecule has 2 aliphatic rings. The second-order valence-electron chi connectivity index (χ2n) is 7.95. The maximum atomic E-state index is 14.9. The summed E-state index contributed by atoms with van der Waals surface area (Å²) >= 11 is 8.20. The molecule has 0 unspecified atom stereocenters. The van der Waals surface area contributed by atoms with Gasteiger partial charge in [0.05, 0.1) is 28.5 Å². The first-order valence-corrected chi connectivity index (χ1v) is 11.6. The fraction of sp³-hybridized carbons (Fsp3) is 0.227. The molecule has 3 heterocycles. The van der Waals surface area contributed by atoms with Crippen LogP contribution in [0.1, 0.15) is 12.0 Å². The Hall–Kier alpha value is -2.86. The number of hydrogen-bond acceptors (Lipinski definition) is 5. The van der Waals surface area contributed by atoms with E-state index in [1.165, 1.54) is 21.7 Å². The lowest BCUT2D eigenvalue weighted by atomic mass is 9.89. The van der Waals surface area contributed by atoms with Gasteiger partial charge in [-0.2, -0.15) is 5.10 Å². The number of nitrogens with two attached hydrogens (primary N) is 1. The predicted molar refractivity (Wildman–Crippen MR) is 129 cm³/mol. The van der Waals surface area contributed by atoms with Crippen molar-refractivity contribution in [2.75, 3.05) is 24.1 Å². The molecule has 3 aromatic rings. The van der Waals surface area contributed by atoms with Gasteiger partial charge in [-0.1, -0.05) is 29.8 Å². The lowest BCUT2D eigenvalue weighted by Crippen LogP contribution is -2.44. The summed E-state index contributed by atoms with van der Waals surface area (Å²) in [6.45, 7) is 0.193. The number of carbonyl (C=O) groups is 2. The van der Waals surface area contributed by atoms with Crippen molar-refractivity contribution in [3.8, 4) is 11.3 Å². The van der Waals surface area contributed by atoms with Crippen molar-refractivity contribution in [2.24, 2.45) is 0 Å². The molecule has 0 aliphatic carbocycles. The molecule has 2 aliphatic heterocycles. The Morgan fingerprint density at radius 2 is 2.12 bits per heavy atom. The zero-order valence-electron chi connectivity index (χ0n) is 17.1. The van der Waals surface area contributed by atoms with Crippen LogP contribution in [0.5, 0.6) is 0 Å². The Bertz CT molecular complexity index is 1300. The van der Waals surface area contributed by atoms with Gasteiger partial charge < -0.3 is 15.4 Å². The fourth-order valence-corrected chi connectivity index (χ4v) is 5.15. The van der Waals surface area contributed by atoms with Crippen LogP contribution < -0.4 is 11.1 Å². The number of nitrogens with zero attached hydrogens (tertiary/aromatic N) is 3. The van der Waals surface area contributed by atoms with Crippen LogP contribution in [-0.4, -0.2) is 39.8 Å². The zero-order valence-corrected chi connectivity index (χ0v) is 20.1. The van der Waals surface area contributed by atoms with E-state index in [2.05, 4.69) is 33.0 Å². The third-order valence-electron chi connectivity index (χ3n) is 5.91. The number of rotatable bonds is 3. The monoisotopic (exact) mass is 581 g/mol. The number of carbonyl (C=O) groups excluding carboxylic acids is 2. The van der Waals surface area contributed by atoms with Crippen LogP contribution in [0, 0.1) is 9.39 Å². The Balaban J connectivity index is 1.39. The Kier molecular flexibility index (Phi) is 5.44. The summed E-state index contributed by atoms with van der Waals surface area (Å²) in [4.78, 5) is 26.7. The van der Waals surface area contributed by atoms with Crippen molar-refractivity contribution in [1.82, 2.24) is 14.7 Å². The minimum Gasteiger partial charge on any atom is -0.436 e. The van der Waals surface area contributed by atoms with Crippen molar-refractivity contribution in [3.63, 3.8) is 0 Å². The second-order valence-corrected chi connectivity index (χ2v) is 9.52. The molecule has 2 aromatic carbocycles. The number of halogens is 3. The van der Waals surface area contributed by atoms with Crippen molar-refractivity contribution in [1.29, 1.82) is 0 Å². The average Bonchev–Trinajstić information content (AvgIpc) is 3.35. The number of nitrogen functional groups attached to an aromatic ring is 1. The number of anilines is 2. The molecule has 1 saturated heterocycles. The Labute approximate surface area is 207 Å². The van der Waals surface area contributed by atoms with Gasteiger partial charge in [-0.15, -0.1) is 0 Å². The molecule has 1 atom stereocenters. The van der Waals surface area contributed by atoms with Crippen LogP contribution in [0.4, 0.5) is 20.7 Å². The first kappa shape index (κ1) is 22.0. The smallest absolute Gasteiger partial charge is 0.412 e. The molecule has 1 fully saturated rings. The van der Waals surface area contributed by atoms with Crippen LogP contribution in [-0.2, 0) is 21.7 Å². The van der Waals surface area contributed by atoms with Gasteiger partial charge in [0.1, 0.15) is 12.4 Å². The first-order valence-electron chi connectivity index (χ1n) is 10.1. The summed E-state index contributed by atoms with van der Waals surface area (Å²) in [5.74, 6) is -0.583. The Morgan fingerprint density at radius 3 is 2.91 bits per heavy atom. The number of aromatic nitrogens is 2. The highest BCUT2D eigenvalue weighted by molar-refractivity contribution is 14.1. The molecular formula is C22H18ClFIN5O3. The van der Waals surface area contributed by atoms with Crippen molar-refractivity contribution < 1.29 is 18.7 Å². The first-order chi connectivity index (χ1) is 15.8. The molecular weight excluding hydrogens is 564 g/mol. The number of nitrogens with one attached hydrogen (secondary N) is 1. The lowest BCUT2D eigenvalue weighted by molar-refractivity contribution is -0.132. The summed E-state index contributed by atoms with van der Waals surface area (Å²) < 4.78 is 22.9. The van der Waals surface area contributed by atoms with E-state index in [1.54, 1.807) is 6.07 Å². The fourth-order valence-electron chi connectivity index (χ4n) is 4.33. The molecule has 2 amide bonds. The summed E-state index contributed by atoms with van der Waals surface area (Å²) in [6.07, 6.45) is -0.449. The number of fused-ring (bicyclic) bond motifs is 2. The minimum absolute atomic E-state index is 0.00807. The number of likely N-dealkylation sites (tertiary alicyclic amines) is 1. The molecule has 0 radical (unpaired) electrons. The standard InChI is InChI=1S/C22H18ClFIN5O3/c23-13-5-6-15-19(20(13)24)22(33-21(32)27-15)7-8-29(11-22)18(31)10-30-17(26)9-16(28-30)12-3-1-2-4-14(12)25/h1-6,9H,7-8,10-11,26H2,(H,27,32)/t22-/m0/s1. The molecule has 3 N–H and O–H groups in total. The largest absolute Gasteiger partial charge is 0.436 e. The number of benzene rings is 2. The SMILES string of the molecule is Nc1cc(-c2ccccc2I)nn1CC(=O)N1CC[C@@]2(C1)OC(=O)Nc1ccc(Cl)c(F)c12. The van der Waals surface area contributed by atoms with Gasteiger partial charge in [-0.05, 0) is 40.8 Å². The molecule has 33 heavy (non-hydrogen) atoms. The van der Waals surface area contributed by atoms with Gasteiger partial charge in [-0.25, -0.2) is 13.9 Å². The molecule has 1 aromatic heterocycles. The maximum absolute atomic E-state index is 14.9. The second kappa shape index (κ2) is 8.17. The van der Waals surface area contributed by atoms with Gasteiger partial charge in [0.25, 0.3) is 0 Å². The van der Waals surface area contributed by atoms with E-state index in [-0.39, 0.29) is 42.5 Å². The van der Waals surface area contributed by atoms with E-state index in [1.807, 2.05) is 24.3 Å². The third kappa shape index (κ3) is 3.80. The quantitative estimate of drug-likeness (QED) is 0.451. The number of hydrogen-bond donors (Lipinski definition) is 2. The summed E-state index contributed by atoms with van der Waals surface area (Å²) in [7, 11) is 0. The van der Waals surface area contributed by atoms with Gasteiger partial charge in [0, 0.05) is 28.2 Å². The van der Waals surface area contributed by atoms with Gasteiger partial charge in [0.2, 0.25) is 5.91 Å². The van der Waals surface area contributed by atoms with E-state index in [4.69, 9.17) is 22.1 Å². The highest BCUT2D eigenvalue weighted by Crippen LogP contribution is 2.45. The van der Waals surface area contributed by atoms with Gasteiger partial charge in [-0.3, -0.25) is 10.1 Å². The van der Waals surface area contributed by atoms with E-state index >= 15 is 0 Å². The van der Waals surface area contributed by atoms with Crippen LogP contribution >= 0.6 is 34.2 Å².